The number of carbonyl (C=O) groups excluding carboxylic acids is 2. The number of hydrogen-bond donors (Lipinski definition) is 3. The quantitative estimate of drug-likeness (QED) is 0.470. The monoisotopic (exact) mass is 191 g/mol. The average molecular weight is 191 g/mol. The second kappa shape index (κ2) is 2.63. The van der Waals surface area contributed by atoms with Crippen LogP contribution in [0.1, 0.15) is 5.69 Å². The Morgan fingerprint density at radius 1 is 1.21 bits per heavy atom. The number of H-pyrrole nitrogens is 1. The highest BCUT2D eigenvalue weighted by atomic mass is 16.2. The molecule has 0 atom stereocenters. The van der Waals surface area contributed by atoms with Gasteiger partial charge in [0.2, 0.25) is 5.43 Å². The van der Waals surface area contributed by atoms with Gasteiger partial charge in [0.25, 0.3) is 11.7 Å². The summed E-state index contributed by atoms with van der Waals surface area (Å²) in [5, 5.41) is 9.46. The van der Waals surface area contributed by atoms with Crippen LogP contribution in [0.2, 0.25) is 0 Å². The number of Topliss-reactive ketones (excluding diaryl/α,β-unsaturated/α-hetero) is 1. The lowest BCUT2D eigenvalue weighted by Crippen LogP contribution is -2.38. The summed E-state index contributed by atoms with van der Waals surface area (Å²) in [5.74, 6) is -1.89. The van der Waals surface area contributed by atoms with Crippen molar-refractivity contribution in [1.29, 1.82) is 5.41 Å². The van der Waals surface area contributed by atoms with E-state index >= 15 is 0 Å². The second-order valence-electron chi connectivity index (χ2n) is 2.75. The van der Waals surface area contributed by atoms with Crippen molar-refractivity contribution < 1.29 is 9.59 Å². The van der Waals surface area contributed by atoms with Gasteiger partial charge >= 0.3 is 0 Å². The lowest BCUT2D eigenvalue weighted by atomic mass is 10.1. The highest BCUT2D eigenvalue weighted by molar-refractivity contribution is 6.71. The maximum Gasteiger partial charge on any atom is 0.298 e. The van der Waals surface area contributed by atoms with E-state index in [4.69, 9.17) is 5.41 Å². The number of anilines is 1. The average Bonchev–Trinajstić information content (AvgIpc) is 2.17. The van der Waals surface area contributed by atoms with Crippen LogP contribution in [0.3, 0.4) is 0 Å². The van der Waals surface area contributed by atoms with Gasteiger partial charge in [-0.25, -0.2) is 0 Å². The lowest BCUT2D eigenvalue weighted by molar-refractivity contribution is -0.131. The van der Waals surface area contributed by atoms with Crippen LogP contribution in [-0.2, 0) is 9.59 Å². The molecule has 1 aromatic heterocycles. The topological polar surface area (TPSA) is 103 Å². The minimum atomic E-state index is -0.945. The van der Waals surface area contributed by atoms with E-state index in [-0.39, 0.29) is 11.4 Å². The maximum atomic E-state index is 11.2. The summed E-state index contributed by atoms with van der Waals surface area (Å²) in [7, 11) is 0. The molecule has 0 saturated heterocycles. The number of aromatic nitrogens is 1. The molecular formula is C8H5N3O3. The van der Waals surface area contributed by atoms with Crippen molar-refractivity contribution in [1.82, 2.24) is 4.98 Å². The summed E-state index contributed by atoms with van der Waals surface area (Å²) < 4.78 is 0. The molecule has 0 spiro atoms. The number of amides is 1. The molecule has 0 unspecified atom stereocenters. The van der Waals surface area contributed by atoms with Crippen molar-refractivity contribution in [2.75, 3.05) is 5.32 Å². The van der Waals surface area contributed by atoms with E-state index in [1.807, 2.05) is 0 Å². The first kappa shape index (κ1) is 8.36. The molecule has 1 aromatic rings. The van der Waals surface area contributed by atoms with E-state index in [1.54, 1.807) is 0 Å². The highest BCUT2D eigenvalue weighted by Gasteiger charge is 2.30. The summed E-state index contributed by atoms with van der Waals surface area (Å²) in [6.45, 7) is 0. The Morgan fingerprint density at radius 3 is 2.64 bits per heavy atom. The van der Waals surface area contributed by atoms with Gasteiger partial charge in [-0.3, -0.25) is 19.8 Å². The van der Waals surface area contributed by atoms with Gasteiger partial charge < -0.3 is 10.3 Å². The van der Waals surface area contributed by atoms with E-state index in [0.29, 0.717) is 0 Å². The molecule has 1 aliphatic rings. The summed E-state index contributed by atoms with van der Waals surface area (Å²) >= 11 is 0. The van der Waals surface area contributed by atoms with Gasteiger partial charge in [0.1, 0.15) is 11.4 Å². The van der Waals surface area contributed by atoms with Crippen LogP contribution in [0.15, 0.2) is 17.1 Å². The Labute approximate surface area is 77.5 Å². The number of fused-ring (bicyclic) bond motifs is 1. The summed E-state index contributed by atoms with van der Waals surface area (Å²) in [6, 6.07) is 1.21. The molecule has 0 aromatic carbocycles. The lowest BCUT2D eigenvalue weighted by Gasteiger charge is -2.14. The standard InChI is InChI=1S/C8H5N3O3/c9-4-6-5(3(12)1-2-10-6)11-8(14)7(4)13/h1-2,9H,(H,10,12)(H,11,14). The number of carbonyl (C=O) groups is 2. The van der Waals surface area contributed by atoms with Crippen LogP contribution in [0, 0.1) is 5.41 Å². The van der Waals surface area contributed by atoms with Crippen molar-refractivity contribution in [2.24, 2.45) is 0 Å². The van der Waals surface area contributed by atoms with Crippen LogP contribution in [-0.4, -0.2) is 22.4 Å². The first-order valence-corrected chi connectivity index (χ1v) is 3.77. The molecule has 0 saturated carbocycles. The first-order chi connectivity index (χ1) is 6.61. The molecule has 0 bridgehead atoms. The summed E-state index contributed by atoms with van der Waals surface area (Å²) in [6.07, 6.45) is 1.32. The van der Waals surface area contributed by atoms with E-state index < -0.39 is 22.8 Å². The molecule has 70 valence electrons. The number of hydrogen-bond acceptors (Lipinski definition) is 4. The van der Waals surface area contributed by atoms with Crippen molar-refractivity contribution in [3.8, 4) is 0 Å². The van der Waals surface area contributed by atoms with Crippen LogP contribution >= 0.6 is 0 Å². The van der Waals surface area contributed by atoms with Gasteiger partial charge in [-0.2, -0.15) is 0 Å². The Morgan fingerprint density at radius 2 is 1.93 bits per heavy atom. The van der Waals surface area contributed by atoms with Gasteiger partial charge in [0.05, 0.1) is 5.69 Å². The van der Waals surface area contributed by atoms with Crippen LogP contribution in [0.25, 0.3) is 0 Å². The van der Waals surface area contributed by atoms with E-state index in [9.17, 15) is 14.4 Å². The fourth-order valence-electron chi connectivity index (χ4n) is 1.20. The minimum Gasteiger partial charge on any atom is -0.358 e. The maximum absolute atomic E-state index is 11.2. The number of aromatic amines is 1. The molecule has 14 heavy (non-hydrogen) atoms. The van der Waals surface area contributed by atoms with Crippen molar-refractivity contribution in [3.63, 3.8) is 0 Å². The molecule has 6 nitrogen and oxygen atoms in total. The van der Waals surface area contributed by atoms with Gasteiger partial charge in [-0.05, 0) is 0 Å². The zero-order chi connectivity index (χ0) is 10.3. The van der Waals surface area contributed by atoms with Gasteiger partial charge in [0.15, 0.2) is 0 Å². The third kappa shape index (κ3) is 0.972. The Kier molecular flexibility index (Phi) is 1.57. The minimum absolute atomic E-state index is 0.0397. The molecule has 2 heterocycles. The summed E-state index contributed by atoms with van der Waals surface area (Å²) in [4.78, 5) is 35.8. The zero-order valence-corrected chi connectivity index (χ0v) is 6.88. The molecular weight excluding hydrogens is 186 g/mol. The van der Waals surface area contributed by atoms with Crippen LogP contribution in [0.4, 0.5) is 5.69 Å². The molecule has 0 aliphatic carbocycles. The predicted molar refractivity (Wildman–Crippen MR) is 47.5 cm³/mol. The Balaban J connectivity index is 2.74. The molecule has 0 fully saturated rings. The molecule has 2 rings (SSSR count). The predicted octanol–water partition coefficient (Wildman–Crippen LogP) is -0.736. The Bertz CT molecular complexity index is 515. The van der Waals surface area contributed by atoms with Crippen LogP contribution in [0.5, 0.6) is 0 Å². The molecule has 0 radical (unpaired) electrons. The van der Waals surface area contributed by atoms with Gasteiger partial charge in [0, 0.05) is 12.3 Å². The Hall–Kier alpha value is -2.24. The largest absolute Gasteiger partial charge is 0.358 e. The first-order valence-electron chi connectivity index (χ1n) is 3.77. The second-order valence-corrected chi connectivity index (χ2v) is 2.75. The smallest absolute Gasteiger partial charge is 0.298 e. The number of pyridine rings is 1. The third-order valence-corrected chi connectivity index (χ3v) is 1.88. The van der Waals surface area contributed by atoms with Gasteiger partial charge in [-0.1, -0.05) is 0 Å². The molecule has 6 heteroatoms. The molecule has 1 aliphatic heterocycles. The third-order valence-electron chi connectivity index (χ3n) is 1.88. The van der Waals surface area contributed by atoms with Crippen LogP contribution < -0.4 is 10.7 Å². The van der Waals surface area contributed by atoms with E-state index in [1.165, 1.54) is 12.3 Å². The fourth-order valence-corrected chi connectivity index (χ4v) is 1.20. The number of ketones is 1. The highest BCUT2D eigenvalue weighted by Crippen LogP contribution is 2.12. The number of nitrogens with one attached hydrogen (secondary N) is 3. The van der Waals surface area contributed by atoms with Crippen molar-refractivity contribution in [2.45, 2.75) is 0 Å². The molecule has 1 amide bonds. The normalized spacial score (nSPS) is 15.0. The van der Waals surface area contributed by atoms with E-state index in [0.717, 1.165) is 0 Å². The van der Waals surface area contributed by atoms with Gasteiger partial charge in [-0.15, -0.1) is 0 Å². The van der Waals surface area contributed by atoms with Crippen molar-refractivity contribution in [3.05, 3.63) is 28.2 Å². The SMILES string of the molecule is N=C1C(=O)C(=O)Nc2c1[nH]ccc2=O. The number of rotatable bonds is 0. The van der Waals surface area contributed by atoms with E-state index in [2.05, 4.69) is 10.3 Å². The zero-order valence-electron chi connectivity index (χ0n) is 6.88. The summed E-state index contributed by atoms with van der Waals surface area (Å²) in [5.41, 5.74) is -0.894. The van der Waals surface area contributed by atoms with Crippen molar-refractivity contribution >= 4 is 23.1 Å². The fraction of sp³-hybridized carbons (Fsp3) is 0. The molecule has 3 N–H and O–H groups in total.